The van der Waals surface area contributed by atoms with Gasteiger partial charge in [-0.3, -0.25) is 9.69 Å². The lowest BCUT2D eigenvalue weighted by atomic mass is 9.89. The summed E-state index contributed by atoms with van der Waals surface area (Å²) in [4.78, 5) is 29.9. The summed E-state index contributed by atoms with van der Waals surface area (Å²) in [5, 5.41) is 10.3. The zero-order chi connectivity index (χ0) is 22.5. The minimum Gasteiger partial charge on any atom is -0.475 e. The van der Waals surface area contributed by atoms with E-state index in [1.54, 1.807) is 11.3 Å². The van der Waals surface area contributed by atoms with Crippen molar-refractivity contribution in [2.75, 3.05) is 31.1 Å². The van der Waals surface area contributed by atoms with Crippen LogP contribution in [-0.4, -0.2) is 64.9 Å². The summed E-state index contributed by atoms with van der Waals surface area (Å²) in [7, 11) is 0. The van der Waals surface area contributed by atoms with Gasteiger partial charge in [0.05, 0.1) is 18.7 Å². The minimum absolute atomic E-state index is 0.0528. The van der Waals surface area contributed by atoms with Crippen LogP contribution >= 0.6 is 11.3 Å². The van der Waals surface area contributed by atoms with Gasteiger partial charge in [0.15, 0.2) is 0 Å². The molecule has 0 atom stereocenters. The number of piperidine rings is 1. The van der Waals surface area contributed by atoms with Gasteiger partial charge in [0.1, 0.15) is 11.6 Å². The van der Waals surface area contributed by atoms with Crippen molar-refractivity contribution < 1.29 is 32.6 Å². The molecule has 1 aromatic heterocycles. The average Bonchev–Trinajstić information content (AvgIpc) is 3.25. The molecule has 2 aliphatic heterocycles. The molecule has 2 aliphatic rings. The van der Waals surface area contributed by atoms with Crippen molar-refractivity contribution in [2.45, 2.75) is 31.2 Å². The number of benzene rings is 1. The number of rotatable bonds is 3. The van der Waals surface area contributed by atoms with Crippen LogP contribution in [0.25, 0.3) is 0 Å². The predicted octanol–water partition coefficient (Wildman–Crippen LogP) is 3.17. The summed E-state index contributed by atoms with van der Waals surface area (Å²) in [5.41, 5.74) is 0.763. The van der Waals surface area contributed by atoms with E-state index < -0.39 is 12.1 Å². The van der Waals surface area contributed by atoms with Crippen molar-refractivity contribution in [1.29, 1.82) is 0 Å². The Morgan fingerprint density at radius 2 is 1.87 bits per heavy atom. The Morgan fingerprint density at radius 1 is 1.23 bits per heavy atom. The molecule has 3 heterocycles. The van der Waals surface area contributed by atoms with E-state index in [1.165, 1.54) is 0 Å². The van der Waals surface area contributed by atoms with Crippen LogP contribution in [0.5, 0.6) is 0 Å². The number of carbonyl (C=O) groups excluding carboxylic acids is 1. The number of amides is 1. The SMILES string of the molecule is O=C(O)C(F)(F)F.O=C1COC2(CCN(Cc3nccs3)CC2)CN1c1ccccc1. The van der Waals surface area contributed by atoms with E-state index in [9.17, 15) is 18.0 Å². The molecule has 1 spiro atoms. The number of carboxylic acids is 1. The second kappa shape index (κ2) is 9.75. The smallest absolute Gasteiger partial charge is 0.475 e. The number of carboxylic acid groups (broad SMARTS) is 1. The predicted molar refractivity (Wildman–Crippen MR) is 108 cm³/mol. The van der Waals surface area contributed by atoms with Crippen LogP contribution in [0, 0.1) is 0 Å². The Bertz CT molecular complexity index is 870. The van der Waals surface area contributed by atoms with Gasteiger partial charge in [-0.15, -0.1) is 11.3 Å². The Kier molecular flexibility index (Phi) is 7.29. The maximum Gasteiger partial charge on any atom is 0.490 e. The van der Waals surface area contributed by atoms with Gasteiger partial charge >= 0.3 is 12.1 Å². The largest absolute Gasteiger partial charge is 0.490 e. The van der Waals surface area contributed by atoms with Gasteiger partial charge in [-0.25, -0.2) is 9.78 Å². The van der Waals surface area contributed by atoms with Gasteiger partial charge < -0.3 is 14.7 Å². The Balaban J connectivity index is 0.000000339. The number of hydrogen-bond donors (Lipinski definition) is 1. The second-order valence-electron chi connectivity index (χ2n) is 7.29. The Hall–Kier alpha value is -2.50. The van der Waals surface area contributed by atoms with Crippen molar-refractivity contribution >= 4 is 28.9 Å². The van der Waals surface area contributed by atoms with Gasteiger partial charge in [0.2, 0.25) is 0 Å². The molecule has 1 amide bonds. The zero-order valence-corrected chi connectivity index (χ0v) is 17.4. The summed E-state index contributed by atoms with van der Waals surface area (Å²) in [5.74, 6) is -2.70. The molecule has 1 N–H and O–H groups in total. The first-order valence-electron chi connectivity index (χ1n) is 9.59. The number of thiazole rings is 1. The molecule has 1 aromatic carbocycles. The van der Waals surface area contributed by atoms with Gasteiger partial charge in [-0.05, 0) is 25.0 Å². The van der Waals surface area contributed by atoms with Crippen molar-refractivity contribution in [1.82, 2.24) is 9.88 Å². The normalized spacial score (nSPS) is 19.1. The molecule has 168 valence electrons. The number of ether oxygens (including phenoxy) is 1. The molecule has 4 rings (SSSR count). The average molecular weight is 457 g/mol. The highest BCUT2D eigenvalue weighted by Crippen LogP contribution is 2.33. The third kappa shape index (κ3) is 6.25. The van der Waals surface area contributed by atoms with Crippen LogP contribution in [0.4, 0.5) is 18.9 Å². The number of alkyl halides is 3. The van der Waals surface area contributed by atoms with Crippen molar-refractivity contribution in [3.63, 3.8) is 0 Å². The van der Waals surface area contributed by atoms with Crippen LogP contribution < -0.4 is 4.90 Å². The Morgan fingerprint density at radius 3 is 2.42 bits per heavy atom. The van der Waals surface area contributed by atoms with E-state index in [-0.39, 0.29) is 18.1 Å². The molecule has 0 unspecified atom stereocenters. The fourth-order valence-electron chi connectivity index (χ4n) is 3.50. The van der Waals surface area contributed by atoms with E-state index in [2.05, 4.69) is 9.88 Å². The number of carbonyl (C=O) groups is 2. The number of halogens is 3. The number of nitrogens with zero attached hydrogens (tertiary/aromatic N) is 3. The molecule has 0 bridgehead atoms. The lowest BCUT2D eigenvalue weighted by Crippen LogP contribution is -2.58. The van der Waals surface area contributed by atoms with Gasteiger partial charge in [0, 0.05) is 30.4 Å². The highest BCUT2D eigenvalue weighted by molar-refractivity contribution is 7.09. The Labute approximate surface area is 181 Å². The summed E-state index contributed by atoms with van der Waals surface area (Å²) in [6, 6.07) is 9.91. The molecule has 31 heavy (non-hydrogen) atoms. The first kappa shape index (κ1) is 23.2. The molecule has 7 nitrogen and oxygen atoms in total. The van der Waals surface area contributed by atoms with E-state index in [4.69, 9.17) is 14.6 Å². The van der Waals surface area contributed by atoms with Gasteiger partial charge in [0.25, 0.3) is 5.91 Å². The van der Waals surface area contributed by atoms with E-state index in [0.717, 1.165) is 43.2 Å². The molecular weight excluding hydrogens is 435 g/mol. The van der Waals surface area contributed by atoms with Crippen LogP contribution in [0.1, 0.15) is 17.8 Å². The number of morpholine rings is 1. The molecule has 0 radical (unpaired) electrons. The molecule has 2 fully saturated rings. The van der Waals surface area contributed by atoms with Crippen molar-refractivity contribution in [3.05, 3.63) is 46.9 Å². The zero-order valence-electron chi connectivity index (χ0n) is 16.5. The molecular formula is C20H22F3N3O4S. The summed E-state index contributed by atoms with van der Waals surface area (Å²) in [6.45, 7) is 3.71. The third-order valence-corrected chi connectivity index (χ3v) is 5.93. The highest BCUT2D eigenvalue weighted by atomic mass is 32.1. The second-order valence-corrected chi connectivity index (χ2v) is 8.27. The van der Waals surface area contributed by atoms with E-state index in [0.29, 0.717) is 6.54 Å². The van der Waals surface area contributed by atoms with E-state index >= 15 is 0 Å². The first-order chi connectivity index (χ1) is 14.7. The van der Waals surface area contributed by atoms with Crippen molar-refractivity contribution in [3.8, 4) is 0 Å². The van der Waals surface area contributed by atoms with Crippen LogP contribution in [-0.2, 0) is 20.9 Å². The van der Waals surface area contributed by atoms with Gasteiger partial charge in [-0.2, -0.15) is 13.2 Å². The lowest BCUT2D eigenvalue weighted by molar-refractivity contribution is -0.192. The number of para-hydroxylation sites is 1. The molecule has 11 heteroatoms. The highest BCUT2D eigenvalue weighted by Gasteiger charge is 2.42. The maximum absolute atomic E-state index is 12.3. The first-order valence-corrected chi connectivity index (χ1v) is 10.5. The minimum atomic E-state index is -5.08. The lowest BCUT2D eigenvalue weighted by Gasteiger charge is -2.46. The van der Waals surface area contributed by atoms with E-state index in [1.807, 2.05) is 46.8 Å². The number of anilines is 1. The van der Waals surface area contributed by atoms with Crippen LogP contribution in [0.3, 0.4) is 0 Å². The topological polar surface area (TPSA) is 83.0 Å². The van der Waals surface area contributed by atoms with Crippen LogP contribution in [0.15, 0.2) is 41.9 Å². The number of hydrogen-bond acceptors (Lipinski definition) is 6. The molecule has 2 aromatic rings. The van der Waals surface area contributed by atoms with Crippen molar-refractivity contribution in [2.24, 2.45) is 0 Å². The number of aliphatic carboxylic acids is 1. The summed E-state index contributed by atoms with van der Waals surface area (Å²) >= 11 is 1.70. The molecule has 0 saturated carbocycles. The summed E-state index contributed by atoms with van der Waals surface area (Å²) < 4.78 is 37.8. The maximum atomic E-state index is 12.3. The van der Waals surface area contributed by atoms with Gasteiger partial charge in [-0.1, -0.05) is 18.2 Å². The summed E-state index contributed by atoms with van der Waals surface area (Å²) in [6.07, 6.45) is -1.32. The molecule has 2 saturated heterocycles. The fourth-order valence-corrected chi connectivity index (χ4v) is 4.16. The number of aromatic nitrogens is 1. The standard InChI is InChI=1S/C18H21N3O2S.C2HF3O2/c22-17-13-23-18(14-21(17)15-4-2-1-3-5-15)6-9-20(10-7-18)12-16-19-8-11-24-16;3-2(4,5)1(6)7/h1-5,8,11H,6-7,9-10,12-14H2;(H,6,7). The fraction of sp³-hybridized carbons (Fsp3) is 0.450. The van der Waals surface area contributed by atoms with Crippen LogP contribution in [0.2, 0.25) is 0 Å². The number of likely N-dealkylation sites (tertiary alicyclic amines) is 1. The monoisotopic (exact) mass is 457 g/mol. The third-order valence-electron chi connectivity index (χ3n) is 5.17. The quantitative estimate of drug-likeness (QED) is 0.763. The molecule has 0 aliphatic carbocycles.